The zero-order chi connectivity index (χ0) is 18.6. The van der Waals surface area contributed by atoms with Crippen molar-refractivity contribution in [1.82, 2.24) is 10.2 Å². The number of nitrogens with zero attached hydrogens (tertiary/aromatic N) is 1. The Morgan fingerprint density at radius 2 is 1.81 bits per heavy atom. The molecule has 0 amide bonds. The number of methoxy groups -OCH3 is 2. The molecule has 0 radical (unpaired) electrons. The Kier molecular flexibility index (Phi) is 5.62. The summed E-state index contributed by atoms with van der Waals surface area (Å²) >= 11 is 1.89. The summed E-state index contributed by atoms with van der Waals surface area (Å²) in [4.78, 5) is 3.97. The monoisotopic (exact) mass is 382 g/mol. The largest absolute Gasteiger partial charge is 0.493 e. The molecule has 1 aromatic heterocycles. The van der Waals surface area contributed by atoms with Gasteiger partial charge in [0.25, 0.3) is 0 Å². The van der Waals surface area contributed by atoms with Crippen molar-refractivity contribution in [2.45, 2.75) is 12.5 Å². The van der Waals surface area contributed by atoms with E-state index in [4.69, 9.17) is 9.47 Å². The van der Waals surface area contributed by atoms with Crippen LogP contribution in [0.1, 0.15) is 22.9 Å². The predicted molar refractivity (Wildman–Crippen MR) is 112 cm³/mol. The van der Waals surface area contributed by atoms with Gasteiger partial charge < -0.3 is 14.8 Å². The summed E-state index contributed by atoms with van der Waals surface area (Å²) in [5.41, 5.74) is 1.25. The second-order valence-electron chi connectivity index (χ2n) is 6.84. The lowest BCUT2D eigenvalue weighted by Crippen LogP contribution is -2.32. The third-order valence-corrected chi connectivity index (χ3v) is 6.35. The number of rotatable bonds is 5. The van der Waals surface area contributed by atoms with Gasteiger partial charge in [0.1, 0.15) is 0 Å². The fourth-order valence-corrected chi connectivity index (χ4v) is 5.07. The van der Waals surface area contributed by atoms with E-state index in [1.807, 2.05) is 17.4 Å². The van der Waals surface area contributed by atoms with Crippen LogP contribution in [0, 0.1) is 0 Å². The Bertz CT molecular complexity index is 867. The van der Waals surface area contributed by atoms with E-state index >= 15 is 0 Å². The molecular formula is C22H26N2O2S. The topological polar surface area (TPSA) is 33.7 Å². The van der Waals surface area contributed by atoms with Crippen molar-refractivity contribution in [1.29, 1.82) is 0 Å². The smallest absolute Gasteiger partial charge is 0.161 e. The molecule has 0 bridgehead atoms. The van der Waals surface area contributed by atoms with Crippen LogP contribution in [-0.2, 0) is 0 Å². The third kappa shape index (κ3) is 3.81. The Morgan fingerprint density at radius 3 is 2.63 bits per heavy atom. The molecule has 27 heavy (non-hydrogen) atoms. The second-order valence-corrected chi connectivity index (χ2v) is 7.96. The first-order valence-electron chi connectivity index (χ1n) is 9.45. The average molecular weight is 383 g/mol. The molecule has 1 atom stereocenters. The first-order valence-corrected chi connectivity index (χ1v) is 10.3. The minimum absolute atomic E-state index is 0.224. The number of hydrogen-bond acceptors (Lipinski definition) is 5. The molecule has 5 heteroatoms. The van der Waals surface area contributed by atoms with Crippen LogP contribution in [0.4, 0.5) is 0 Å². The van der Waals surface area contributed by atoms with Gasteiger partial charge in [0.05, 0.1) is 20.3 Å². The van der Waals surface area contributed by atoms with Crippen LogP contribution in [0.5, 0.6) is 11.5 Å². The normalized spacial score (nSPS) is 16.8. The molecular weight excluding hydrogens is 356 g/mol. The third-order valence-electron chi connectivity index (χ3n) is 5.18. The molecule has 1 fully saturated rings. The zero-order valence-electron chi connectivity index (χ0n) is 15.9. The van der Waals surface area contributed by atoms with Crippen LogP contribution in [0.3, 0.4) is 0 Å². The summed E-state index contributed by atoms with van der Waals surface area (Å²) in [5, 5.41) is 4.84. The molecule has 1 saturated heterocycles. The van der Waals surface area contributed by atoms with Crippen molar-refractivity contribution in [3.8, 4) is 11.5 Å². The molecule has 1 unspecified atom stereocenters. The Labute approximate surface area is 164 Å². The van der Waals surface area contributed by atoms with E-state index in [1.165, 1.54) is 20.5 Å². The molecule has 2 heterocycles. The van der Waals surface area contributed by atoms with Gasteiger partial charge in [0, 0.05) is 29.2 Å². The Hall–Kier alpha value is -2.08. The lowest BCUT2D eigenvalue weighted by atomic mass is 10.0. The Balaban J connectivity index is 1.80. The van der Waals surface area contributed by atoms with Crippen molar-refractivity contribution in [2.75, 3.05) is 40.4 Å². The van der Waals surface area contributed by atoms with Gasteiger partial charge in [-0.3, -0.25) is 4.90 Å². The average Bonchev–Trinajstić information content (AvgIpc) is 2.95. The SMILES string of the molecule is COc1ccc(C(c2cc3ccccc3s2)N2CCCNCC2)cc1OC. The minimum atomic E-state index is 0.224. The van der Waals surface area contributed by atoms with Gasteiger partial charge in [0.15, 0.2) is 11.5 Å². The molecule has 4 nitrogen and oxygen atoms in total. The maximum atomic E-state index is 5.58. The van der Waals surface area contributed by atoms with Crippen LogP contribution in [0.15, 0.2) is 48.5 Å². The first kappa shape index (κ1) is 18.3. The van der Waals surface area contributed by atoms with Crippen molar-refractivity contribution in [2.24, 2.45) is 0 Å². The highest BCUT2D eigenvalue weighted by molar-refractivity contribution is 7.19. The zero-order valence-corrected chi connectivity index (χ0v) is 16.7. The van der Waals surface area contributed by atoms with Crippen LogP contribution in [0.25, 0.3) is 10.1 Å². The number of nitrogens with one attached hydrogen (secondary N) is 1. The molecule has 0 aliphatic carbocycles. The van der Waals surface area contributed by atoms with E-state index in [9.17, 15) is 0 Å². The minimum Gasteiger partial charge on any atom is -0.493 e. The fourth-order valence-electron chi connectivity index (χ4n) is 3.84. The van der Waals surface area contributed by atoms with Gasteiger partial charge in [0.2, 0.25) is 0 Å². The van der Waals surface area contributed by atoms with E-state index in [-0.39, 0.29) is 6.04 Å². The van der Waals surface area contributed by atoms with Gasteiger partial charge in [-0.2, -0.15) is 0 Å². The maximum Gasteiger partial charge on any atom is 0.161 e. The van der Waals surface area contributed by atoms with Gasteiger partial charge in [-0.1, -0.05) is 24.3 Å². The first-order chi connectivity index (χ1) is 13.3. The molecule has 0 saturated carbocycles. The second kappa shape index (κ2) is 8.30. The molecule has 3 aromatic rings. The predicted octanol–water partition coefficient (Wildman–Crippen LogP) is 4.30. The maximum absolute atomic E-state index is 5.58. The molecule has 0 spiro atoms. The van der Waals surface area contributed by atoms with Gasteiger partial charge in [-0.15, -0.1) is 11.3 Å². The van der Waals surface area contributed by atoms with Crippen molar-refractivity contribution in [3.63, 3.8) is 0 Å². The molecule has 4 rings (SSSR count). The van der Waals surface area contributed by atoms with Crippen molar-refractivity contribution >= 4 is 21.4 Å². The van der Waals surface area contributed by atoms with Crippen molar-refractivity contribution < 1.29 is 9.47 Å². The van der Waals surface area contributed by atoms with Gasteiger partial charge in [-0.25, -0.2) is 0 Å². The lowest BCUT2D eigenvalue weighted by molar-refractivity contribution is 0.243. The quantitative estimate of drug-likeness (QED) is 0.713. The highest BCUT2D eigenvalue weighted by atomic mass is 32.1. The van der Waals surface area contributed by atoms with E-state index < -0.39 is 0 Å². The molecule has 1 N–H and O–H groups in total. The highest BCUT2D eigenvalue weighted by Crippen LogP contribution is 2.39. The molecule has 1 aliphatic rings. The molecule has 2 aromatic carbocycles. The van der Waals surface area contributed by atoms with Crippen LogP contribution >= 0.6 is 11.3 Å². The number of benzene rings is 2. The van der Waals surface area contributed by atoms with Gasteiger partial charge >= 0.3 is 0 Å². The summed E-state index contributed by atoms with van der Waals surface area (Å²) in [5.74, 6) is 1.56. The van der Waals surface area contributed by atoms with E-state index in [0.29, 0.717) is 0 Å². The summed E-state index contributed by atoms with van der Waals surface area (Å²) < 4.78 is 12.4. The number of thiophene rings is 1. The number of ether oxygens (including phenoxy) is 2. The Morgan fingerprint density at radius 1 is 0.963 bits per heavy atom. The molecule has 1 aliphatic heterocycles. The number of hydrogen-bond donors (Lipinski definition) is 1. The molecule has 142 valence electrons. The number of fused-ring (bicyclic) bond motifs is 1. The van der Waals surface area contributed by atoms with E-state index in [1.54, 1.807) is 14.2 Å². The van der Waals surface area contributed by atoms with E-state index in [2.05, 4.69) is 52.7 Å². The van der Waals surface area contributed by atoms with Crippen LogP contribution < -0.4 is 14.8 Å². The van der Waals surface area contributed by atoms with Crippen molar-refractivity contribution in [3.05, 3.63) is 59.0 Å². The summed E-state index contributed by atoms with van der Waals surface area (Å²) in [6.45, 7) is 4.23. The summed E-state index contributed by atoms with van der Waals surface area (Å²) in [7, 11) is 3.38. The van der Waals surface area contributed by atoms with Crippen LogP contribution in [0.2, 0.25) is 0 Å². The lowest BCUT2D eigenvalue weighted by Gasteiger charge is -2.30. The van der Waals surface area contributed by atoms with E-state index in [0.717, 1.165) is 44.1 Å². The highest BCUT2D eigenvalue weighted by Gasteiger charge is 2.26. The standard InChI is InChI=1S/C22H26N2O2S/c1-25-18-9-8-17(14-19(18)26-2)22(24-12-5-10-23-11-13-24)21-15-16-6-3-4-7-20(16)27-21/h3-4,6-9,14-15,22-23H,5,10-13H2,1-2H3. The van der Waals surface area contributed by atoms with Crippen LogP contribution in [-0.4, -0.2) is 45.3 Å². The van der Waals surface area contributed by atoms with Gasteiger partial charge in [-0.05, 0) is 48.2 Å². The summed E-state index contributed by atoms with van der Waals surface area (Å²) in [6, 6.07) is 17.5. The fraction of sp³-hybridized carbons (Fsp3) is 0.364. The summed E-state index contributed by atoms with van der Waals surface area (Å²) in [6.07, 6.45) is 1.16.